The third-order valence-electron chi connectivity index (χ3n) is 2.66. The summed E-state index contributed by atoms with van der Waals surface area (Å²) in [4.78, 5) is 9.29. The maximum absolute atomic E-state index is 9.81. The number of hydrogen-bond acceptors (Lipinski definition) is 5. The Morgan fingerprint density at radius 2 is 1.83 bits per heavy atom. The fourth-order valence-corrected chi connectivity index (χ4v) is 1.49. The van der Waals surface area contributed by atoms with Gasteiger partial charge < -0.3 is 25.2 Å². The van der Waals surface area contributed by atoms with Crippen LogP contribution in [0.1, 0.15) is 27.7 Å². The molecule has 0 radical (unpaired) electrons. The summed E-state index contributed by atoms with van der Waals surface area (Å²) in [5.74, 6) is 1.32. The van der Waals surface area contributed by atoms with Crippen molar-refractivity contribution in [2.75, 3.05) is 26.8 Å². The van der Waals surface area contributed by atoms with Gasteiger partial charge in [0.25, 0.3) is 0 Å². The zero-order valence-corrected chi connectivity index (χ0v) is 16.0. The third-order valence-corrected chi connectivity index (χ3v) is 2.66. The van der Waals surface area contributed by atoms with Crippen molar-refractivity contribution in [3.8, 4) is 11.5 Å². The number of β-amino-alcohol motifs (C(OH)–C–C–N with tert-alkyl or cyclic N) is 1. The van der Waals surface area contributed by atoms with Crippen LogP contribution in [0.2, 0.25) is 0 Å². The van der Waals surface area contributed by atoms with E-state index in [1.54, 1.807) is 7.11 Å². The van der Waals surface area contributed by atoms with Gasteiger partial charge >= 0.3 is 0 Å². The minimum Gasteiger partial charge on any atom is -0.493 e. The molecular weight excluding hydrogens is 332 g/mol. The predicted molar refractivity (Wildman–Crippen MR) is 99.2 cm³/mol. The standard InChI is InChI=1S/C14H23NO3.C3H7NO.ClH/c1-14(2,3)15-9-11(16)10-18-13-8-6-5-7-12(13)17-4;1-2-4-3-5;/h5-8,11,15-16H,9-10H2,1-4H3;3H,2H2,1H3,(H,4,5);1H. The Bertz CT molecular complexity index is 439. The summed E-state index contributed by atoms with van der Waals surface area (Å²) in [6, 6.07) is 7.40. The van der Waals surface area contributed by atoms with Gasteiger partial charge in [-0.25, -0.2) is 0 Å². The number of carbonyl (C=O) groups excluding carboxylic acids is 1. The molecule has 1 rings (SSSR count). The van der Waals surface area contributed by atoms with Crippen molar-refractivity contribution in [1.82, 2.24) is 10.6 Å². The van der Waals surface area contributed by atoms with Gasteiger partial charge in [0.2, 0.25) is 6.41 Å². The molecule has 0 aromatic heterocycles. The van der Waals surface area contributed by atoms with Gasteiger partial charge in [0, 0.05) is 18.6 Å². The van der Waals surface area contributed by atoms with Crippen LogP contribution in [-0.2, 0) is 4.79 Å². The second kappa shape index (κ2) is 13.9. The van der Waals surface area contributed by atoms with Gasteiger partial charge in [-0.1, -0.05) is 12.1 Å². The van der Waals surface area contributed by atoms with E-state index in [4.69, 9.17) is 9.47 Å². The quantitative estimate of drug-likeness (QED) is 0.616. The summed E-state index contributed by atoms with van der Waals surface area (Å²) in [6.07, 6.45) is 0.133. The summed E-state index contributed by atoms with van der Waals surface area (Å²) in [6.45, 7) is 9.50. The molecule has 1 atom stereocenters. The first-order chi connectivity index (χ1) is 10.8. The Morgan fingerprint density at radius 3 is 2.25 bits per heavy atom. The third kappa shape index (κ3) is 13.0. The largest absolute Gasteiger partial charge is 0.493 e. The number of rotatable bonds is 8. The van der Waals surface area contributed by atoms with Crippen LogP contribution in [0.5, 0.6) is 11.5 Å². The number of halogens is 1. The van der Waals surface area contributed by atoms with Crippen molar-refractivity contribution in [1.29, 1.82) is 0 Å². The van der Waals surface area contributed by atoms with E-state index >= 15 is 0 Å². The van der Waals surface area contributed by atoms with E-state index in [9.17, 15) is 9.90 Å². The highest BCUT2D eigenvalue weighted by Gasteiger charge is 2.13. The van der Waals surface area contributed by atoms with Gasteiger partial charge in [0.05, 0.1) is 7.11 Å². The minimum atomic E-state index is -0.547. The second-order valence-corrected chi connectivity index (χ2v) is 5.92. The highest BCUT2D eigenvalue weighted by molar-refractivity contribution is 5.85. The van der Waals surface area contributed by atoms with Crippen LogP contribution < -0.4 is 20.1 Å². The van der Waals surface area contributed by atoms with Gasteiger partial charge in [-0.2, -0.15) is 0 Å². The first-order valence-corrected chi connectivity index (χ1v) is 7.70. The molecule has 0 aliphatic carbocycles. The molecule has 1 aromatic carbocycles. The van der Waals surface area contributed by atoms with E-state index in [0.29, 0.717) is 24.5 Å². The molecule has 0 saturated heterocycles. The maximum Gasteiger partial charge on any atom is 0.207 e. The Morgan fingerprint density at radius 1 is 1.25 bits per heavy atom. The lowest BCUT2D eigenvalue weighted by atomic mass is 10.1. The molecule has 3 N–H and O–H groups in total. The average Bonchev–Trinajstić information content (AvgIpc) is 2.52. The molecule has 0 aliphatic rings. The van der Waals surface area contributed by atoms with Crippen LogP contribution in [0.4, 0.5) is 0 Å². The van der Waals surface area contributed by atoms with Crippen LogP contribution in [0.3, 0.4) is 0 Å². The van der Waals surface area contributed by atoms with Crippen molar-refractivity contribution in [2.24, 2.45) is 0 Å². The van der Waals surface area contributed by atoms with Crippen molar-refractivity contribution in [2.45, 2.75) is 39.3 Å². The number of aliphatic hydroxyl groups is 1. The molecule has 7 heteroatoms. The fraction of sp³-hybridized carbons (Fsp3) is 0.588. The summed E-state index contributed by atoms with van der Waals surface area (Å²) in [5.41, 5.74) is -0.00851. The Labute approximate surface area is 151 Å². The number of carbonyl (C=O) groups is 1. The summed E-state index contributed by atoms with van der Waals surface area (Å²) in [7, 11) is 1.60. The lowest BCUT2D eigenvalue weighted by Gasteiger charge is -2.23. The smallest absolute Gasteiger partial charge is 0.207 e. The summed E-state index contributed by atoms with van der Waals surface area (Å²) in [5, 5.41) is 15.5. The van der Waals surface area contributed by atoms with Crippen LogP contribution in [0.15, 0.2) is 24.3 Å². The van der Waals surface area contributed by atoms with E-state index in [-0.39, 0.29) is 24.6 Å². The second-order valence-electron chi connectivity index (χ2n) is 5.92. The first kappa shape index (κ1) is 24.7. The number of amides is 1. The number of nitrogens with one attached hydrogen (secondary N) is 2. The lowest BCUT2D eigenvalue weighted by molar-refractivity contribution is -0.109. The first-order valence-electron chi connectivity index (χ1n) is 7.70. The summed E-state index contributed by atoms with van der Waals surface area (Å²) < 4.78 is 10.7. The van der Waals surface area contributed by atoms with Gasteiger partial charge in [-0.05, 0) is 39.8 Å². The molecule has 0 heterocycles. The average molecular weight is 363 g/mol. The normalized spacial score (nSPS) is 11.2. The number of methoxy groups -OCH3 is 1. The summed E-state index contributed by atoms with van der Waals surface area (Å²) >= 11 is 0. The molecule has 1 unspecified atom stereocenters. The molecule has 24 heavy (non-hydrogen) atoms. The molecule has 140 valence electrons. The van der Waals surface area contributed by atoms with Crippen LogP contribution >= 0.6 is 12.4 Å². The van der Waals surface area contributed by atoms with E-state index in [0.717, 1.165) is 6.54 Å². The molecule has 1 amide bonds. The lowest BCUT2D eigenvalue weighted by Crippen LogP contribution is -2.42. The predicted octanol–water partition coefficient (Wildman–Crippen LogP) is 2.00. The number of para-hydroxylation sites is 2. The monoisotopic (exact) mass is 362 g/mol. The molecule has 6 nitrogen and oxygen atoms in total. The molecule has 0 saturated carbocycles. The molecule has 1 aromatic rings. The van der Waals surface area contributed by atoms with E-state index in [1.165, 1.54) is 0 Å². The highest BCUT2D eigenvalue weighted by Crippen LogP contribution is 2.25. The minimum absolute atomic E-state index is 0. The molecule has 0 spiro atoms. The van der Waals surface area contributed by atoms with E-state index in [2.05, 4.69) is 31.4 Å². The van der Waals surface area contributed by atoms with E-state index < -0.39 is 6.10 Å². The molecular formula is C17H31ClN2O4. The topological polar surface area (TPSA) is 79.8 Å². The number of aliphatic hydroxyl groups excluding tert-OH is 1. The molecule has 0 fully saturated rings. The SMILES string of the molecule is CCNC=O.COc1ccccc1OCC(O)CNC(C)(C)C.Cl. The highest BCUT2D eigenvalue weighted by atomic mass is 35.5. The Hall–Kier alpha value is -1.50. The maximum atomic E-state index is 9.81. The Kier molecular flexibility index (Phi) is 14.3. The van der Waals surface area contributed by atoms with Gasteiger partial charge in [-0.15, -0.1) is 12.4 Å². The molecule has 0 bridgehead atoms. The number of ether oxygens (including phenoxy) is 2. The van der Waals surface area contributed by atoms with Gasteiger partial charge in [0.1, 0.15) is 12.7 Å². The van der Waals surface area contributed by atoms with E-state index in [1.807, 2.05) is 31.2 Å². The fourth-order valence-electron chi connectivity index (χ4n) is 1.49. The van der Waals surface area contributed by atoms with Crippen molar-refractivity contribution in [3.05, 3.63) is 24.3 Å². The zero-order valence-electron chi connectivity index (χ0n) is 15.2. The van der Waals surface area contributed by atoms with Crippen LogP contribution in [0.25, 0.3) is 0 Å². The Balaban J connectivity index is 0. The van der Waals surface area contributed by atoms with Gasteiger partial charge in [-0.3, -0.25) is 4.79 Å². The van der Waals surface area contributed by atoms with Crippen LogP contribution in [0, 0.1) is 0 Å². The number of hydrogen-bond donors (Lipinski definition) is 3. The molecule has 0 aliphatic heterocycles. The zero-order chi connectivity index (χ0) is 17.7. The van der Waals surface area contributed by atoms with Crippen molar-refractivity contribution < 1.29 is 19.4 Å². The van der Waals surface area contributed by atoms with Crippen molar-refractivity contribution >= 4 is 18.8 Å². The number of benzene rings is 1. The van der Waals surface area contributed by atoms with Gasteiger partial charge in [0.15, 0.2) is 11.5 Å². The van der Waals surface area contributed by atoms with Crippen molar-refractivity contribution in [3.63, 3.8) is 0 Å². The van der Waals surface area contributed by atoms with Crippen LogP contribution in [-0.4, -0.2) is 50.0 Å².